The van der Waals surface area contributed by atoms with Gasteiger partial charge in [-0.1, -0.05) is 12.1 Å². The Morgan fingerprint density at radius 1 is 1.21 bits per heavy atom. The van der Waals surface area contributed by atoms with E-state index in [4.69, 9.17) is 10.2 Å². The van der Waals surface area contributed by atoms with Crippen LogP contribution in [0.4, 0.5) is 5.69 Å². The van der Waals surface area contributed by atoms with Gasteiger partial charge in [0.05, 0.1) is 6.42 Å². The van der Waals surface area contributed by atoms with E-state index in [-0.39, 0.29) is 42.4 Å². The molecule has 0 fully saturated rings. The van der Waals surface area contributed by atoms with Crippen LogP contribution in [0.5, 0.6) is 0 Å². The zero-order valence-corrected chi connectivity index (χ0v) is 15.4. The Morgan fingerprint density at radius 2 is 1.88 bits per heavy atom. The van der Waals surface area contributed by atoms with Gasteiger partial charge in [0.2, 0.25) is 5.91 Å². The molecule has 1 aromatic heterocycles. The normalized spacial score (nSPS) is 11.3. The van der Waals surface area contributed by atoms with Crippen molar-refractivity contribution in [2.75, 3.05) is 11.9 Å². The number of furan rings is 1. The second kappa shape index (κ2) is 9.46. The van der Waals surface area contributed by atoms with Crippen LogP contribution >= 0.6 is 28.3 Å². The van der Waals surface area contributed by atoms with Gasteiger partial charge in [-0.15, -0.1) is 12.4 Å². The number of carbonyl (C=O) groups excluding carboxylic acids is 2. The summed E-state index contributed by atoms with van der Waals surface area (Å²) in [4.78, 5) is 23.7. The van der Waals surface area contributed by atoms with Crippen molar-refractivity contribution in [1.29, 1.82) is 0 Å². The Labute approximate surface area is 154 Å². The number of carbonyl (C=O) groups is 2. The zero-order chi connectivity index (χ0) is 16.8. The average molecular weight is 417 g/mol. The Balaban J connectivity index is 0.00000288. The maximum Gasteiger partial charge on any atom is 0.291 e. The number of benzene rings is 1. The van der Waals surface area contributed by atoms with Crippen molar-refractivity contribution in [2.45, 2.75) is 19.4 Å². The molecule has 0 aliphatic rings. The fourth-order valence-corrected chi connectivity index (χ4v) is 2.21. The van der Waals surface area contributed by atoms with Gasteiger partial charge in [-0.3, -0.25) is 9.59 Å². The van der Waals surface area contributed by atoms with Crippen molar-refractivity contribution in [3.8, 4) is 0 Å². The van der Waals surface area contributed by atoms with Gasteiger partial charge in [0.25, 0.3) is 5.91 Å². The first kappa shape index (κ1) is 20.2. The summed E-state index contributed by atoms with van der Waals surface area (Å²) in [5, 5.41) is 5.52. The number of anilines is 1. The average Bonchev–Trinajstić information content (AvgIpc) is 2.95. The lowest BCUT2D eigenvalue weighted by molar-refractivity contribution is -0.120. The molecule has 0 saturated heterocycles. The monoisotopic (exact) mass is 415 g/mol. The summed E-state index contributed by atoms with van der Waals surface area (Å²) in [7, 11) is 0. The first-order valence-corrected chi connectivity index (χ1v) is 7.92. The topological polar surface area (TPSA) is 97.4 Å². The van der Waals surface area contributed by atoms with E-state index in [1.807, 2.05) is 6.92 Å². The third-order valence-corrected chi connectivity index (χ3v) is 3.56. The molecule has 4 N–H and O–H groups in total. The minimum Gasteiger partial charge on any atom is -0.444 e. The molecule has 6 nitrogen and oxygen atoms in total. The predicted octanol–water partition coefficient (Wildman–Crippen LogP) is 2.72. The Morgan fingerprint density at radius 3 is 2.42 bits per heavy atom. The van der Waals surface area contributed by atoms with Crippen LogP contribution in [0.2, 0.25) is 0 Å². The van der Waals surface area contributed by atoms with Crippen LogP contribution in [0.15, 0.2) is 45.5 Å². The van der Waals surface area contributed by atoms with Gasteiger partial charge in [-0.25, -0.2) is 0 Å². The van der Waals surface area contributed by atoms with Crippen LogP contribution in [0.3, 0.4) is 0 Å². The molecular weight excluding hydrogens is 398 g/mol. The number of nitrogens with one attached hydrogen (secondary N) is 2. The number of rotatable bonds is 6. The van der Waals surface area contributed by atoms with Crippen LogP contribution in [-0.2, 0) is 11.2 Å². The highest BCUT2D eigenvalue weighted by atomic mass is 79.9. The van der Waals surface area contributed by atoms with Crippen LogP contribution < -0.4 is 16.4 Å². The Kier molecular flexibility index (Phi) is 7.97. The third-order valence-electron chi connectivity index (χ3n) is 3.13. The number of hydrogen-bond acceptors (Lipinski definition) is 4. The third kappa shape index (κ3) is 5.99. The smallest absolute Gasteiger partial charge is 0.291 e. The van der Waals surface area contributed by atoms with Crippen LogP contribution in [0, 0.1) is 0 Å². The van der Waals surface area contributed by atoms with Crippen molar-refractivity contribution in [2.24, 2.45) is 5.73 Å². The summed E-state index contributed by atoms with van der Waals surface area (Å²) in [6.07, 6.45) is 0.268. The summed E-state index contributed by atoms with van der Waals surface area (Å²) in [5.74, 6) is -0.200. The molecule has 0 radical (unpaired) electrons. The standard InChI is InChI=1S/C16H18BrN3O3.ClH/c1-10(9-18)19-15(21)8-11-2-4-12(5-3-11)20-16(22)13-6-7-14(17)23-13;/h2-7,10H,8-9,18H2,1H3,(H,19,21)(H,20,22);1H/t10-;/m0./s1. The van der Waals surface area contributed by atoms with E-state index in [1.165, 1.54) is 0 Å². The first-order valence-electron chi connectivity index (χ1n) is 7.13. The van der Waals surface area contributed by atoms with E-state index in [1.54, 1.807) is 36.4 Å². The van der Waals surface area contributed by atoms with Crippen molar-refractivity contribution < 1.29 is 14.0 Å². The summed E-state index contributed by atoms with van der Waals surface area (Å²) in [5.41, 5.74) is 6.94. The molecule has 2 rings (SSSR count). The minimum atomic E-state index is -0.335. The van der Waals surface area contributed by atoms with Crippen LogP contribution in [0.25, 0.3) is 0 Å². The van der Waals surface area contributed by atoms with Gasteiger partial charge < -0.3 is 20.8 Å². The minimum absolute atomic E-state index is 0. The summed E-state index contributed by atoms with van der Waals surface area (Å²) in [6.45, 7) is 2.25. The van der Waals surface area contributed by atoms with Crippen molar-refractivity contribution in [3.63, 3.8) is 0 Å². The van der Waals surface area contributed by atoms with Gasteiger partial charge >= 0.3 is 0 Å². The lowest BCUT2D eigenvalue weighted by Crippen LogP contribution is -2.38. The molecule has 24 heavy (non-hydrogen) atoms. The number of halogens is 2. The predicted molar refractivity (Wildman–Crippen MR) is 98.4 cm³/mol. The molecule has 8 heteroatoms. The van der Waals surface area contributed by atoms with Crippen molar-refractivity contribution >= 4 is 45.8 Å². The fourth-order valence-electron chi connectivity index (χ4n) is 1.91. The second-order valence-electron chi connectivity index (χ2n) is 5.14. The quantitative estimate of drug-likeness (QED) is 0.674. The molecule has 1 atom stereocenters. The van der Waals surface area contributed by atoms with Crippen LogP contribution in [-0.4, -0.2) is 24.4 Å². The highest BCUT2D eigenvalue weighted by Crippen LogP contribution is 2.16. The summed E-state index contributed by atoms with van der Waals surface area (Å²) < 4.78 is 5.68. The van der Waals surface area contributed by atoms with Crippen molar-refractivity contribution in [1.82, 2.24) is 5.32 Å². The van der Waals surface area contributed by atoms with Gasteiger partial charge in [-0.2, -0.15) is 0 Å². The SMILES string of the molecule is C[C@@H](CN)NC(=O)Cc1ccc(NC(=O)c2ccc(Br)o2)cc1.Cl. The number of nitrogens with two attached hydrogens (primary N) is 1. The highest BCUT2D eigenvalue weighted by Gasteiger charge is 2.11. The molecule has 0 saturated carbocycles. The molecule has 0 spiro atoms. The zero-order valence-electron chi connectivity index (χ0n) is 13.0. The van der Waals surface area contributed by atoms with Crippen LogP contribution in [0.1, 0.15) is 23.0 Å². The second-order valence-corrected chi connectivity index (χ2v) is 5.92. The summed E-state index contributed by atoms with van der Waals surface area (Å²) in [6, 6.07) is 10.3. The van der Waals surface area contributed by atoms with E-state index >= 15 is 0 Å². The lowest BCUT2D eigenvalue weighted by Gasteiger charge is -2.11. The lowest BCUT2D eigenvalue weighted by atomic mass is 10.1. The number of hydrogen-bond donors (Lipinski definition) is 3. The molecule has 2 amide bonds. The molecule has 2 aromatic rings. The maximum absolute atomic E-state index is 11.9. The van der Waals surface area contributed by atoms with Gasteiger partial charge in [0.15, 0.2) is 10.4 Å². The molecule has 0 aliphatic heterocycles. The Hall–Kier alpha value is -1.83. The molecule has 130 valence electrons. The van der Waals surface area contributed by atoms with Gasteiger partial charge in [0, 0.05) is 18.3 Å². The van der Waals surface area contributed by atoms with E-state index in [9.17, 15) is 9.59 Å². The molecule has 0 unspecified atom stereocenters. The molecular formula is C16H19BrClN3O3. The molecule has 0 aliphatic carbocycles. The van der Waals surface area contributed by atoms with Gasteiger partial charge in [-0.05, 0) is 52.7 Å². The largest absolute Gasteiger partial charge is 0.444 e. The van der Waals surface area contributed by atoms with E-state index in [0.29, 0.717) is 16.9 Å². The number of amides is 2. The Bertz CT molecular complexity index is 688. The van der Waals surface area contributed by atoms with E-state index < -0.39 is 0 Å². The van der Waals surface area contributed by atoms with E-state index in [0.717, 1.165) is 5.56 Å². The molecule has 1 aromatic carbocycles. The maximum atomic E-state index is 11.9. The molecule has 0 bridgehead atoms. The highest BCUT2D eigenvalue weighted by molar-refractivity contribution is 9.10. The van der Waals surface area contributed by atoms with E-state index in [2.05, 4.69) is 26.6 Å². The first-order chi connectivity index (χ1) is 11.0. The van der Waals surface area contributed by atoms with Gasteiger partial charge in [0.1, 0.15) is 0 Å². The summed E-state index contributed by atoms with van der Waals surface area (Å²) >= 11 is 3.15. The molecule has 1 heterocycles. The van der Waals surface area contributed by atoms with Crippen molar-refractivity contribution in [3.05, 3.63) is 52.4 Å². The fraction of sp³-hybridized carbons (Fsp3) is 0.250.